The van der Waals surface area contributed by atoms with Crippen LogP contribution in [0.5, 0.6) is 11.5 Å². The quantitative estimate of drug-likeness (QED) is 0.701. The first kappa shape index (κ1) is 19.5. The molecule has 0 saturated heterocycles. The normalized spacial score (nSPS) is 24.5. The molecule has 0 amide bonds. The van der Waals surface area contributed by atoms with Crippen LogP contribution in [0.1, 0.15) is 42.7 Å². The second-order valence-corrected chi connectivity index (χ2v) is 8.14. The number of Topliss-reactive ketones (excluding diaryl/α,β-unsaturated/α-hetero) is 1. The first-order valence-electron chi connectivity index (χ1n) is 10.4. The highest BCUT2D eigenvalue weighted by Crippen LogP contribution is 2.48. The summed E-state index contributed by atoms with van der Waals surface area (Å²) in [6.07, 6.45) is 1.06. The van der Waals surface area contributed by atoms with E-state index in [0.717, 1.165) is 16.8 Å². The Bertz CT molecular complexity index is 1120. The van der Waals surface area contributed by atoms with Crippen molar-refractivity contribution in [1.29, 1.82) is 0 Å². The van der Waals surface area contributed by atoms with Crippen molar-refractivity contribution in [3.8, 4) is 11.5 Å². The van der Waals surface area contributed by atoms with E-state index in [0.29, 0.717) is 35.6 Å². The second-order valence-electron chi connectivity index (χ2n) is 8.14. The molecule has 31 heavy (non-hydrogen) atoms. The van der Waals surface area contributed by atoms with Crippen molar-refractivity contribution in [3.63, 3.8) is 0 Å². The minimum Gasteiger partial charge on any atom is -0.468 e. The van der Waals surface area contributed by atoms with E-state index in [-0.39, 0.29) is 18.5 Å². The van der Waals surface area contributed by atoms with Crippen molar-refractivity contribution in [3.05, 3.63) is 70.9 Å². The maximum atomic E-state index is 13.5. The van der Waals surface area contributed by atoms with Crippen molar-refractivity contribution in [2.45, 2.75) is 31.6 Å². The van der Waals surface area contributed by atoms with Gasteiger partial charge >= 0.3 is 5.97 Å². The number of rotatable bonds is 3. The summed E-state index contributed by atoms with van der Waals surface area (Å²) in [4.78, 5) is 31.0. The van der Waals surface area contributed by atoms with E-state index in [2.05, 4.69) is 12.1 Å². The van der Waals surface area contributed by atoms with Crippen LogP contribution in [0.3, 0.4) is 0 Å². The lowest BCUT2D eigenvalue weighted by Crippen LogP contribution is -2.37. The molecule has 3 atom stereocenters. The van der Waals surface area contributed by atoms with Gasteiger partial charge in [0.05, 0.1) is 7.11 Å². The van der Waals surface area contributed by atoms with Crippen LogP contribution < -0.4 is 9.47 Å². The van der Waals surface area contributed by atoms with E-state index in [1.165, 1.54) is 7.11 Å². The molecule has 1 unspecified atom stereocenters. The van der Waals surface area contributed by atoms with E-state index >= 15 is 0 Å². The Balaban J connectivity index is 1.61. The number of hydrogen-bond acceptors (Lipinski definition) is 6. The lowest BCUT2D eigenvalue weighted by molar-refractivity contribution is -0.143. The standard InChI is InChI=1S/C25H23NO5/c1-14-22(25(28)29-2)23(16-8-9-20-21(12-16)31-13-30-20)24-18(26-14)10-17(11-19(24)27)15-6-4-3-5-7-15/h3-9,12,17,22-23H,10-11,13H2,1-2H3/t17-,22?,23+/m0/s1. The smallest absolute Gasteiger partial charge is 0.315 e. The van der Waals surface area contributed by atoms with Gasteiger partial charge < -0.3 is 14.2 Å². The molecule has 3 aliphatic rings. The summed E-state index contributed by atoms with van der Waals surface area (Å²) in [5.74, 6) is -0.116. The van der Waals surface area contributed by atoms with Crippen molar-refractivity contribution >= 4 is 17.5 Å². The second kappa shape index (κ2) is 7.69. The van der Waals surface area contributed by atoms with E-state index in [4.69, 9.17) is 19.2 Å². The van der Waals surface area contributed by atoms with Gasteiger partial charge in [0.25, 0.3) is 0 Å². The molecule has 0 saturated carbocycles. The van der Waals surface area contributed by atoms with Crippen LogP contribution in [-0.4, -0.2) is 31.4 Å². The highest BCUT2D eigenvalue weighted by molar-refractivity contribution is 6.09. The third-order valence-corrected chi connectivity index (χ3v) is 6.37. The van der Waals surface area contributed by atoms with Gasteiger partial charge in [-0.15, -0.1) is 0 Å². The summed E-state index contributed by atoms with van der Waals surface area (Å²) in [5.41, 5.74) is 4.00. The number of ketones is 1. The Morgan fingerprint density at radius 2 is 1.81 bits per heavy atom. The number of carbonyl (C=O) groups is 2. The zero-order chi connectivity index (χ0) is 21.5. The van der Waals surface area contributed by atoms with Crippen LogP contribution in [0.2, 0.25) is 0 Å². The topological polar surface area (TPSA) is 74.2 Å². The van der Waals surface area contributed by atoms with Crippen LogP contribution in [0.4, 0.5) is 0 Å². The fraction of sp³-hybridized carbons (Fsp3) is 0.320. The highest BCUT2D eigenvalue weighted by atomic mass is 16.7. The predicted octanol–water partition coefficient (Wildman–Crippen LogP) is 4.16. The zero-order valence-corrected chi connectivity index (χ0v) is 17.5. The number of hydrogen-bond donors (Lipinski definition) is 0. The maximum Gasteiger partial charge on any atom is 0.315 e. The van der Waals surface area contributed by atoms with Gasteiger partial charge in [-0.25, -0.2) is 0 Å². The highest BCUT2D eigenvalue weighted by Gasteiger charge is 2.44. The van der Waals surface area contributed by atoms with Gasteiger partial charge in [-0.2, -0.15) is 0 Å². The summed E-state index contributed by atoms with van der Waals surface area (Å²) >= 11 is 0. The lowest BCUT2D eigenvalue weighted by atomic mass is 9.69. The minimum absolute atomic E-state index is 0.0305. The lowest BCUT2D eigenvalue weighted by Gasteiger charge is -2.36. The fourth-order valence-corrected chi connectivity index (χ4v) is 4.92. The molecular formula is C25H23NO5. The molecule has 158 valence electrons. The van der Waals surface area contributed by atoms with Gasteiger partial charge in [0.15, 0.2) is 17.3 Å². The van der Waals surface area contributed by atoms with Crippen LogP contribution in [0.15, 0.2) is 64.8 Å². The van der Waals surface area contributed by atoms with Gasteiger partial charge in [0, 0.05) is 29.3 Å². The molecule has 5 rings (SSSR count). The number of ether oxygens (including phenoxy) is 3. The number of benzene rings is 2. The molecule has 6 nitrogen and oxygen atoms in total. The van der Waals surface area contributed by atoms with E-state index < -0.39 is 17.8 Å². The number of nitrogens with zero attached hydrogens (tertiary/aromatic N) is 1. The van der Waals surface area contributed by atoms with Crippen molar-refractivity contribution in [1.82, 2.24) is 0 Å². The van der Waals surface area contributed by atoms with Gasteiger partial charge in [0.1, 0.15) is 5.92 Å². The predicted molar refractivity (Wildman–Crippen MR) is 114 cm³/mol. The number of carbonyl (C=O) groups excluding carboxylic acids is 2. The molecule has 2 aliphatic heterocycles. The van der Waals surface area contributed by atoms with E-state index in [1.807, 2.05) is 43.3 Å². The first-order valence-corrected chi connectivity index (χ1v) is 10.4. The Morgan fingerprint density at radius 1 is 1.03 bits per heavy atom. The zero-order valence-electron chi connectivity index (χ0n) is 17.5. The SMILES string of the molecule is COC(=O)C1C(C)=NC2=C(C(=O)C[C@@H](c3ccccc3)C2)[C@@H]1c1ccc2c(c1)OCO2. The Labute approximate surface area is 180 Å². The monoisotopic (exact) mass is 417 g/mol. The molecule has 0 spiro atoms. The Morgan fingerprint density at radius 3 is 2.58 bits per heavy atom. The van der Waals surface area contributed by atoms with Gasteiger partial charge in [-0.05, 0) is 42.5 Å². The van der Waals surface area contributed by atoms with E-state index in [1.54, 1.807) is 0 Å². The molecule has 1 aliphatic carbocycles. The number of fused-ring (bicyclic) bond motifs is 1. The molecule has 0 N–H and O–H groups in total. The molecule has 2 heterocycles. The van der Waals surface area contributed by atoms with Gasteiger partial charge in [-0.1, -0.05) is 36.4 Å². The summed E-state index contributed by atoms with van der Waals surface area (Å²) < 4.78 is 16.1. The molecule has 2 aromatic carbocycles. The fourth-order valence-electron chi connectivity index (χ4n) is 4.92. The maximum absolute atomic E-state index is 13.5. The third kappa shape index (κ3) is 3.32. The minimum atomic E-state index is -0.652. The van der Waals surface area contributed by atoms with Crippen LogP contribution in [0.25, 0.3) is 0 Å². The van der Waals surface area contributed by atoms with Crippen molar-refractivity contribution in [2.24, 2.45) is 10.9 Å². The molecule has 0 aromatic heterocycles. The first-order chi connectivity index (χ1) is 15.1. The molecule has 6 heteroatoms. The molecule has 0 fully saturated rings. The van der Waals surface area contributed by atoms with Crippen LogP contribution in [-0.2, 0) is 14.3 Å². The summed E-state index contributed by atoms with van der Waals surface area (Å²) in [6.45, 7) is 2.00. The molecule has 0 bridgehead atoms. The van der Waals surface area contributed by atoms with Crippen molar-refractivity contribution in [2.75, 3.05) is 13.9 Å². The van der Waals surface area contributed by atoms with Gasteiger partial charge in [-0.3, -0.25) is 14.6 Å². The Kier molecular flexibility index (Phi) is 4.85. The number of aliphatic imine (C=N–C) groups is 1. The molecule has 2 aromatic rings. The summed E-state index contributed by atoms with van der Waals surface area (Å²) in [6, 6.07) is 15.6. The average Bonchev–Trinajstić information content (AvgIpc) is 3.26. The van der Waals surface area contributed by atoms with Gasteiger partial charge in [0.2, 0.25) is 6.79 Å². The van der Waals surface area contributed by atoms with Crippen LogP contribution in [0, 0.1) is 5.92 Å². The largest absolute Gasteiger partial charge is 0.468 e. The number of esters is 1. The third-order valence-electron chi connectivity index (χ3n) is 6.37. The summed E-state index contributed by atoms with van der Waals surface area (Å²) in [5, 5.41) is 0. The number of methoxy groups -OCH3 is 1. The Hall–Kier alpha value is -3.41. The van der Waals surface area contributed by atoms with Crippen molar-refractivity contribution < 1.29 is 23.8 Å². The molecule has 0 radical (unpaired) electrons. The number of allylic oxidation sites excluding steroid dienone is 2. The molecular weight excluding hydrogens is 394 g/mol. The van der Waals surface area contributed by atoms with Crippen LogP contribution >= 0.6 is 0 Å². The van der Waals surface area contributed by atoms with E-state index in [9.17, 15) is 9.59 Å². The summed E-state index contributed by atoms with van der Waals surface area (Å²) in [7, 11) is 1.37. The average molecular weight is 417 g/mol.